The standard InChI is InChI=1S/C8H6ClNO.2C2H6/c1-5-10-7-3-2-6(9)4-8(7)11-5;2*1-2/h2-4H,1H3;2*1-2H3. The number of aryl methyl sites for hydroxylation is 1. The van der Waals surface area contributed by atoms with Gasteiger partial charge in [-0.25, -0.2) is 4.98 Å². The number of oxazole rings is 1. The van der Waals surface area contributed by atoms with E-state index in [1.165, 1.54) is 0 Å². The highest BCUT2D eigenvalue weighted by atomic mass is 35.5. The first-order chi connectivity index (χ1) is 7.25. The van der Waals surface area contributed by atoms with Crippen molar-refractivity contribution in [3.63, 3.8) is 0 Å². The number of aromatic nitrogens is 1. The number of halogens is 1. The summed E-state index contributed by atoms with van der Waals surface area (Å²) in [5, 5.41) is 0.675. The molecule has 0 saturated heterocycles. The number of rotatable bonds is 0. The maximum atomic E-state index is 5.74. The minimum Gasteiger partial charge on any atom is -0.441 e. The van der Waals surface area contributed by atoms with Crippen molar-refractivity contribution >= 4 is 22.7 Å². The third-order valence-electron chi connectivity index (χ3n) is 1.46. The van der Waals surface area contributed by atoms with Gasteiger partial charge in [-0.1, -0.05) is 39.3 Å². The summed E-state index contributed by atoms with van der Waals surface area (Å²) in [6, 6.07) is 5.40. The average molecular weight is 228 g/mol. The van der Waals surface area contributed by atoms with Gasteiger partial charge in [-0.05, 0) is 12.1 Å². The molecule has 0 amide bonds. The Kier molecular flexibility index (Phi) is 6.80. The van der Waals surface area contributed by atoms with Crippen LogP contribution in [-0.4, -0.2) is 4.98 Å². The van der Waals surface area contributed by atoms with Crippen molar-refractivity contribution in [1.82, 2.24) is 4.98 Å². The summed E-state index contributed by atoms with van der Waals surface area (Å²) in [4.78, 5) is 4.13. The maximum absolute atomic E-state index is 5.74. The molecule has 2 aromatic rings. The fraction of sp³-hybridized carbons (Fsp3) is 0.417. The zero-order valence-corrected chi connectivity index (χ0v) is 10.7. The Bertz CT molecular complexity index is 395. The van der Waals surface area contributed by atoms with E-state index < -0.39 is 0 Å². The van der Waals surface area contributed by atoms with Crippen molar-refractivity contribution in [2.45, 2.75) is 34.6 Å². The fourth-order valence-electron chi connectivity index (χ4n) is 1.01. The van der Waals surface area contributed by atoms with E-state index in [4.69, 9.17) is 16.0 Å². The summed E-state index contributed by atoms with van der Waals surface area (Å²) < 4.78 is 5.25. The van der Waals surface area contributed by atoms with Crippen LogP contribution in [0.3, 0.4) is 0 Å². The molecule has 2 rings (SSSR count). The van der Waals surface area contributed by atoms with Crippen molar-refractivity contribution in [3.05, 3.63) is 29.1 Å². The second-order valence-corrected chi connectivity index (χ2v) is 2.78. The fourth-order valence-corrected chi connectivity index (χ4v) is 1.18. The van der Waals surface area contributed by atoms with Gasteiger partial charge in [0.25, 0.3) is 0 Å². The molecule has 84 valence electrons. The van der Waals surface area contributed by atoms with Gasteiger partial charge in [0.05, 0.1) is 0 Å². The number of fused-ring (bicyclic) bond motifs is 1. The number of hydrogen-bond acceptors (Lipinski definition) is 2. The molecule has 1 aromatic heterocycles. The van der Waals surface area contributed by atoms with Gasteiger partial charge in [-0.15, -0.1) is 0 Å². The molecule has 3 heteroatoms. The molecule has 0 aliphatic rings. The van der Waals surface area contributed by atoms with Crippen LogP contribution in [0.15, 0.2) is 22.6 Å². The first-order valence-corrected chi connectivity index (χ1v) is 5.66. The molecule has 0 fully saturated rings. The van der Waals surface area contributed by atoms with Gasteiger partial charge in [0.1, 0.15) is 5.52 Å². The van der Waals surface area contributed by atoms with Crippen molar-refractivity contribution in [1.29, 1.82) is 0 Å². The molecule has 0 aliphatic carbocycles. The second kappa shape index (κ2) is 7.30. The van der Waals surface area contributed by atoms with E-state index in [0.29, 0.717) is 10.9 Å². The SMILES string of the molecule is CC.CC.Cc1nc2ccc(Cl)cc2o1. The van der Waals surface area contributed by atoms with Gasteiger partial charge in [0.15, 0.2) is 11.5 Å². The summed E-state index contributed by atoms with van der Waals surface area (Å²) in [5.74, 6) is 0.669. The molecule has 0 radical (unpaired) electrons. The Balaban J connectivity index is 0.000000442. The monoisotopic (exact) mass is 227 g/mol. The van der Waals surface area contributed by atoms with Gasteiger partial charge < -0.3 is 4.42 Å². The summed E-state index contributed by atoms with van der Waals surface area (Å²) in [5.41, 5.74) is 1.60. The highest BCUT2D eigenvalue weighted by molar-refractivity contribution is 6.31. The molecular formula is C12H18ClNO. The molecule has 0 bridgehead atoms. The quantitative estimate of drug-likeness (QED) is 0.644. The summed E-state index contributed by atoms with van der Waals surface area (Å²) in [6.07, 6.45) is 0. The van der Waals surface area contributed by atoms with Gasteiger partial charge in [-0.2, -0.15) is 0 Å². The summed E-state index contributed by atoms with van der Waals surface area (Å²) in [6.45, 7) is 9.81. The summed E-state index contributed by atoms with van der Waals surface area (Å²) >= 11 is 5.74. The Labute approximate surface area is 96.3 Å². The third kappa shape index (κ3) is 3.92. The molecule has 0 N–H and O–H groups in total. The number of benzene rings is 1. The van der Waals surface area contributed by atoms with Crippen molar-refractivity contribution in [2.24, 2.45) is 0 Å². The number of nitrogens with zero attached hydrogens (tertiary/aromatic N) is 1. The molecule has 1 heterocycles. The molecule has 0 spiro atoms. The Morgan fingerprint density at radius 1 is 1.13 bits per heavy atom. The normalized spacial score (nSPS) is 8.67. The van der Waals surface area contributed by atoms with E-state index in [9.17, 15) is 0 Å². The predicted molar refractivity (Wildman–Crippen MR) is 66.5 cm³/mol. The van der Waals surface area contributed by atoms with Crippen LogP contribution in [-0.2, 0) is 0 Å². The molecule has 1 aromatic carbocycles. The van der Waals surface area contributed by atoms with Crippen LogP contribution in [0.25, 0.3) is 11.1 Å². The van der Waals surface area contributed by atoms with Crippen molar-refractivity contribution in [3.8, 4) is 0 Å². The van der Waals surface area contributed by atoms with E-state index in [-0.39, 0.29) is 0 Å². The maximum Gasteiger partial charge on any atom is 0.192 e. The lowest BCUT2D eigenvalue weighted by Crippen LogP contribution is -1.67. The van der Waals surface area contributed by atoms with Gasteiger partial charge >= 0.3 is 0 Å². The topological polar surface area (TPSA) is 26.0 Å². The Morgan fingerprint density at radius 2 is 1.73 bits per heavy atom. The lowest BCUT2D eigenvalue weighted by molar-refractivity contribution is 0.561. The first kappa shape index (κ1) is 14.0. The predicted octanol–water partition coefficient (Wildman–Crippen LogP) is 4.84. The highest BCUT2D eigenvalue weighted by Crippen LogP contribution is 2.19. The lowest BCUT2D eigenvalue weighted by atomic mass is 10.3. The first-order valence-electron chi connectivity index (χ1n) is 5.28. The smallest absolute Gasteiger partial charge is 0.192 e. The van der Waals surface area contributed by atoms with Crippen LogP contribution in [0, 0.1) is 6.92 Å². The second-order valence-electron chi connectivity index (χ2n) is 2.34. The van der Waals surface area contributed by atoms with Crippen LogP contribution >= 0.6 is 11.6 Å². The van der Waals surface area contributed by atoms with E-state index in [2.05, 4.69) is 4.98 Å². The van der Waals surface area contributed by atoms with Crippen molar-refractivity contribution < 1.29 is 4.42 Å². The van der Waals surface area contributed by atoms with E-state index in [1.54, 1.807) is 12.1 Å². The van der Waals surface area contributed by atoms with E-state index in [1.807, 2.05) is 40.7 Å². The highest BCUT2D eigenvalue weighted by Gasteiger charge is 2.00. The minimum absolute atomic E-state index is 0.669. The van der Waals surface area contributed by atoms with Crippen LogP contribution in [0.2, 0.25) is 5.02 Å². The van der Waals surface area contributed by atoms with Crippen LogP contribution in [0.1, 0.15) is 33.6 Å². The molecule has 0 saturated carbocycles. The van der Waals surface area contributed by atoms with Gasteiger partial charge in [0.2, 0.25) is 0 Å². The zero-order valence-electron chi connectivity index (χ0n) is 9.97. The van der Waals surface area contributed by atoms with Gasteiger partial charge in [-0.3, -0.25) is 0 Å². The van der Waals surface area contributed by atoms with Crippen LogP contribution in [0.5, 0.6) is 0 Å². The zero-order chi connectivity index (χ0) is 11.8. The molecule has 0 aliphatic heterocycles. The molecule has 0 unspecified atom stereocenters. The van der Waals surface area contributed by atoms with Crippen LogP contribution in [0.4, 0.5) is 0 Å². The Hall–Kier alpha value is -1.02. The largest absolute Gasteiger partial charge is 0.441 e. The minimum atomic E-state index is 0.669. The average Bonchev–Trinajstić information content (AvgIpc) is 2.63. The third-order valence-corrected chi connectivity index (χ3v) is 1.69. The molecular weight excluding hydrogens is 210 g/mol. The lowest BCUT2D eigenvalue weighted by Gasteiger charge is -1.85. The van der Waals surface area contributed by atoms with E-state index >= 15 is 0 Å². The van der Waals surface area contributed by atoms with Crippen molar-refractivity contribution in [2.75, 3.05) is 0 Å². The summed E-state index contributed by atoms with van der Waals surface area (Å²) in [7, 11) is 0. The molecule has 2 nitrogen and oxygen atoms in total. The van der Waals surface area contributed by atoms with Crippen LogP contribution < -0.4 is 0 Å². The molecule has 0 atom stereocenters. The Morgan fingerprint density at radius 3 is 2.33 bits per heavy atom. The van der Waals surface area contributed by atoms with E-state index in [0.717, 1.165) is 11.1 Å². The number of hydrogen-bond donors (Lipinski definition) is 0. The molecule has 15 heavy (non-hydrogen) atoms. The van der Waals surface area contributed by atoms with Gasteiger partial charge in [0, 0.05) is 18.0 Å².